The van der Waals surface area contributed by atoms with Crippen molar-refractivity contribution in [3.63, 3.8) is 0 Å². The van der Waals surface area contributed by atoms with E-state index in [9.17, 15) is 9.90 Å². The van der Waals surface area contributed by atoms with Crippen molar-refractivity contribution in [2.75, 3.05) is 0 Å². The minimum absolute atomic E-state index is 0.158. The molecule has 0 fully saturated rings. The fourth-order valence-electron chi connectivity index (χ4n) is 2.92. The number of fused-ring (bicyclic) bond motifs is 1. The lowest BCUT2D eigenvalue weighted by Crippen LogP contribution is -2.07. The molecule has 1 N–H and O–H groups in total. The number of aromatic nitrogens is 1. The molecule has 3 rings (SSSR count). The van der Waals surface area contributed by atoms with Gasteiger partial charge in [-0.3, -0.25) is 4.79 Å². The number of phenols is 1. The molecule has 4 heteroatoms. The fourth-order valence-corrected chi connectivity index (χ4v) is 2.92. The van der Waals surface area contributed by atoms with Crippen molar-refractivity contribution in [3.05, 3.63) is 59.8 Å². The number of phenolic OH excluding ortho intramolecular Hbond substituents is 1. The summed E-state index contributed by atoms with van der Waals surface area (Å²) >= 11 is 0. The lowest BCUT2D eigenvalue weighted by Gasteiger charge is -2.10. The van der Waals surface area contributed by atoms with Crippen molar-refractivity contribution in [3.8, 4) is 11.5 Å². The van der Waals surface area contributed by atoms with Gasteiger partial charge in [-0.25, -0.2) is 0 Å². The van der Waals surface area contributed by atoms with Crippen LogP contribution in [0.4, 0.5) is 0 Å². The quantitative estimate of drug-likeness (QED) is 0.744. The van der Waals surface area contributed by atoms with Gasteiger partial charge in [-0.1, -0.05) is 37.3 Å². The van der Waals surface area contributed by atoms with Crippen LogP contribution in [0.15, 0.2) is 48.5 Å². The fraction of sp³-hybridized carbons (Fsp3) is 0.211. The van der Waals surface area contributed by atoms with Gasteiger partial charge >= 0.3 is 5.97 Å². The number of nitrogens with zero attached hydrogens (tertiary/aromatic N) is 1. The van der Waals surface area contributed by atoms with Gasteiger partial charge in [-0.05, 0) is 30.2 Å². The molecule has 0 atom stereocenters. The van der Waals surface area contributed by atoms with Gasteiger partial charge in [-0.2, -0.15) is 0 Å². The highest BCUT2D eigenvalue weighted by Gasteiger charge is 2.19. The summed E-state index contributed by atoms with van der Waals surface area (Å²) in [6.45, 7) is 4.11. The van der Waals surface area contributed by atoms with E-state index in [1.807, 2.05) is 31.2 Å². The van der Waals surface area contributed by atoms with Crippen molar-refractivity contribution < 1.29 is 14.6 Å². The van der Waals surface area contributed by atoms with E-state index in [1.165, 1.54) is 12.5 Å². The van der Waals surface area contributed by atoms with Gasteiger partial charge in [0, 0.05) is 18.9 Å². The van der Waals surface area contributed by atoms with Crippen molar-refractivity contribution in [2.24, 2.45) is 0 Å². The molecule has 0 aliphatic rings. The van der Waals surface area contributed by atoms with E-state index in [0.29, 0.717) is 12.3 Å². The third-order valence-electron chi connectivity index (χ3n) is 3.87. The van der Waals surface area contributed by atoms with Gasteiger partial charge in [-0.15, -0.1) is 0 Å². The maximum atomic E-state index is 11.5. The molecule has 1 heterocycles. The van der Waals surface area contributed by atoms with Gasteiger partial charge in [0.25, 0.3) is 0 Å². The van der Waals surface area contributed by atoms with Crippen LogP contribution in [0, 0.1) is 0 Å². The first-order chi connectivity index (χ1) is 11.1. The van der Waals surface area contributed by atoms with E-state index in [-0.39, 0.29) is 11.7 Å². The summed E-state index contributed by atoms with van der Waals surface area (Å²) in [6.07, 6.45) is 0.727. The molecule has 23 heavy (non-hydrogen) atoms. The standard InChI is InChI=1S/C19H19NO3/c1-3-17-19(23-13(2)21)16-11-15(22)9-10-18(16)20(17)12-14-7-5-4-6-8-14/h4-11,22H,3,12H2,1-2H3. The number of hydrogen-bond acceptors (Lipinski definition) is 3. The van der Waals surface area contributed by atoms with Crippen LogP contribution in [0.25, 0.3) is 10.9 Å². The average Bonchev–Trinajstić information content (AvgIpc) is 2.80. The minimum atomic E-state index is -0.359. The summed E-state index contributed by atoms with van der Waals surface area (Å²) < 4.78 is 7.59. The zero-order valence-corrected chi connectivity index (χ0v) is 13.2. The molecule has 0 unspecified atom stereocenters. The second-order valence-corrected chi connectivity index (χ2v) is 5.50. The third kappa shape index (κ3) is 2.93. The van der Waals surface area contributed by atoms with E-state index in [4.69, 9.17) is 4.74 Å². The van der Waals surface area contributed by atoms with Gasteiger partial charge in [0.1, 0.15) is 5.75 Å². The van der Waals surface area contributed by atoms with Gasteiger partial charge in [0.2, 0.25) is 0 Å². The van der Waals surface area contributed by atoms with E-state index >= 15 is 0 Å². The Morgan fingerprint density at radius 3 is 2.57 bits per heavy atom. The zero-order valence-electron chi connectivity index (χ0n) is 13.2. The SMILES string of the molecule is CCc1c(OC(C)=O)c2cc(O)ccc2n1Cc1ccccc1. The first-order valence-corrected chi connectivity index (χ1v) is 7.66. The number of carbonyl (C=O) groups excluding carboxylic acids is 1. The molecule has 118 valence electrons. The Bertz CT molecular complexity index is 850. The Balaban J connectivity index is 2.21. The number of carbonyl (C=O) groups is 1. The lowest BCUT2D eigenvalue weighted by atomic mass is 10.2. The van der Waals surface area contributed by atoms with Crippen molar-refractivity contribution >= 4 is 16.9 Å². The molecule has 0 radical (unpaired) electrons. The van der Waals surface area contributed by atoms with Crippen LogP contribution in [0.5, 0.6) is 11.5 Å². The number of aromatic hydroxyl groups is 1. The molecular weight excluding hydrogens is 290 g/mol. The van der Waals surface area contributed by atoms with E-state index < -0.39 is 0 Å². The average molecular weight is 309 g/mol. The maximum absolute atomic E-state index is 11.5. The first kappa shape index (κ1) is 15.2. The number of esters is 1. The summed E-state index contributed by atoms with van der Waals surface area (Å²) in [5.74, 6) is 0.342. The highest BCUT2D eigenvalue weighted by molar-refractivity contribution is 5.92. The summed E-state index contributed by atoms with van der Waals surface area (Å²) in [5.41, 5.74) is 3.06. The molecular formula is C19H19NO3. The van der Waals surface area contributed by atoms with Crippen LogP contribution < -0.4 is 4.74 Å². The van der Waals surface area contributed by atoms with Gasteiger partial charge in [0.15, 0.2) is 5.75 Å². The molecule has 2 aromatic carbocycles. The van der Waals surface area contributed by atoms with Crippen LogP contribution in [0.1, 0.15) is 25.1 Å². The minimum Gasteiger partial charge on any atom is -0.508 e. The molecule has 0 saturated carbocycles. The van der Waals surface area contributed by atoms with Crippen LogP contribution in [-0.4, -0.2) is 15.6 Å². The number of benzene rings is 2. The smallest absolute Gasteiger partial charge is 0.308 e. The Hall–Kier alpha value is -2.75. The molecule has 1 aromatic heterocycles. The Morgan fingerprint density at radius 2 is 1.91 bits per heavy atom. The first-order valence-electron chi connectivity index (χ1n) is 7.66. The molecule has 0 aliphatic heterocycles. The number of ether oxygens (including phenoxy) is 1. The molecule has 0 saturated heterocycles. The Morgan fingerprint density at radius 1 is 1.17 bits per heavy atom. The summed E-state index contributed by atoms with van der Waals surface area (Å²) in [4.78, 5) is 11.5. The second-order valence-electron chi connectivity index (χ2n) is 5.50. The Kier molecular flexibility index (Phi) is 4.06. The summed E-state index contributed by atoms with van der Waals surface area (Å²) in [6, 6.07) is 15.3. The number of rotatable bonds is 4. The van der Waals surface area contributed by atoms with E-state index in [0.717, 1.165) is 23.0 Å². The molecule has 0 aliphatic carbocycles. The maximum Gasteiger partial charge on any atom is 0.308 e. The highest BCUT2D eigenvalue weighted by atomic mass is 16.5. The molecule has 0 amide bonds. The lowest BCUT2D eigenvalue weighted by molar-refractivity contribution is -0.131. The predicted molar refractivity (Wildman–Crippen MR) is 89.8 cm³/mol. The van der Waals surface area contributed by atoms with Crippen LogP contribution in [-0.2, 0) is 17.8 Å². The van der Waals surface area contributed by atoms with Crippen LogP contribution >= 0.6 is 0 Å². The zero-order chi connectivity index (χ0) is 16.4. The predicted octanol–water partition coefficient (Wildman–Crippen LogP) is 3.88. The van der Waals surface area contributed by atoms with Crippen molar-refractivity contribution in [1.82, 2.24) is 4.57 Å². The molecule has 4 nitrogen and oxygen atoms in total. The van der Waals surface area contributed by atoms with Gasteiger partial charge < -0.3 is 14.4 Å². The van der Waals surface area contributed by atoms with E-state index in [2.05, 4.69) is 16.7 Å². The molecule has 3 aromatic rings. The van der Waals surface area contributed by atoms with Crippen molar-refractivity contribution in [1.29, 1.82) is 0 Å². The monoisotopic (exact) mass is 309 g/mol. The molecule has 0 bridgehead atoms. The largest absolute Gasteiger partial charge is 0.508 e. The van der Waals surface area contributed by atoms with Crippen LogP contribution in [0.3, 0.4) is 0 Å². The summed E-state index contributed by atoms with van der Waals surface area (Å²) in [7, 11) is 0. The highest BCUT2D eigenvalue weighted by Crippen LogP contribution is 2.36. The summed E-state index contributed by atoms with van der Waals surface area (Å²) in [5, 5.41) is 10.6. The van der Waals surface area contributed by atoms with Crippen molar-refractivity contribution in [2.45, 2.75) is 26.8 Å². The Labute approximate surface area is 134 Å². The topological polar surface area (TPSA) is 51.5 Å². The van der Waals surface area contributed by atoms with Gasteiger partial charge in [0.05, 0.1) is 11.2 Å². The number of hydrogen-bond donors (Lipinski definition) is 1. The second kappa shape index (κ2) is 6.16. The molecule has 0 spiro atoms. The normalized spacial score (nSPS) is 10.9. The third-order valence-corrected chi connectivity index (χ3v) is 3.87. The van der Waals surface area contributed by atoms with E-state index in [1.54, 1.807) is 12.1 Å². The van der Waals surface area contributed by atoms with Crippen LogP contribution in [0.2, 0.25) is 0 Å².